The van der Waals surface area contributed by atoms with E-state index in [9.17, 15) is 34.1 Å². The molecule has 2 aliphatic rings. The van der Waals surface area contributed by atoms with Gasteiger partial charge in [0, 0.05) is 162 Å². The van der Waals surface area contributed by atoms with Crippen LogP contribution in [-0.2, 0) is 84.9 Å². The van der Waals surface area contributed by atoms with Gasteiger partial charge in [-0.25, -0.2) is 19.9 Å². The normalized spacial score (nSPS) is 12.7. The molecule has 0 saturated carbocycles. The summed E-state index contributed by atoms with van der Waals surface area (Å²) < 4.78 is 20.8. The molecule has 29 nitrogen and oxygen atoms in total. The number of pyridine rings is 1. The Morgan fingerprint density at radius 2 is 1.10 bits per heavy atom. The van der Waals surface area contributed by atoms with E-state index in [0.717, 1.165) is 90.6 Å². The van der Waals surface area contributed by atoms with Crippen LogP contribution >= 0.6 is 47.8 Å². The predicted octanol–water partition coefficient (Wildman–Crippen LogP) is 11.5. The number of rotatable bonds is 9. The molecule has 0 unspecified atom stereocenters. The summed E-state index contributed by atoms with van der Waals surface area (Å²) in [5.41, 5.74) is 20.0. The number of ether oxygens (including phenoxy) is 1. The lowest BCUT2D eigenvalue weighted by Crippen LogP contribution is -2.41. The summed E-state index contributed by atoms with van der Waals surface area (Å²) in [5.74, 6) is 0.202. The predicted molar refractivity (Wildman–Crippen MR) is 407 cm³/mol. The van der Waals surface area contributed by atoms with E-state index in [0.29, 0.717) is 60.9 Å². The molecule has 4 N–H and O–H groups in total. The number of amides is 1. The van der Waals surface area contributed by atoms with E-state index in [1.165, 1.54) is 37.9 Å². The molecule has 15 rings (SSSR count). The van der Waals surface area contributed by atoms with Crippen LogP contribution in [-0.4, -0.2) is 101 Å². The molecular weight excluding hydrogens is 1510 g/mol. The Kier molecular flexibility index (Phi) is 21.0. The zero-order valence-electron chi connectivity index (χ0n) is 59.0. The number of esters is 1. The van der Waals surface area contributed by atoms with Crippen LogP contribution in [0.2, 0.25) is 0 Å². The number of nitro groups is 1. The van der Waals surface area contributed by atoms with Gasteiger partial charge in [0.1, 0.15) is 27.3 Å². The first-order valence-electron chi connectivity index (χ1n) is 32.3. The van der Waals surface area contributed by atoms with Gasteiger partial charge < -0.3 is 39.4 Å². The molecule has 0 radical (unpaired) electrons. The number of nitrogens with zero attached hydrogens (tertiary/aromatic N) is 18. The molecular formula is C71H74Br3N21O8. The summed E-state index contributed by atoms with van der Waals surface area (Å²) in [6.45, 7) is 14.5. The number of halogens is 3. The molecule has 32 heteroatoms. The van der Waals surface area contributed by atoms with Crippen LogP contribution in [0.25, 0.3) is 54.9 Å². The molecule has 0 fully saturated rings. The Hall–Kier alpha value is -11.0. The van der Waals surface area contributed by atoms with Crippen LogP contribution in [0, 0.1) is 43.2 Å². The number of benzene rings is 4. The first-order valence-corrected chi connectivity index (χ1v) is 34.6. The SMILES string of the molecule is CC(=O)OCc1c(-c2cn(C)c(=O)c(Nc3ccc4c(c3)c(C)nn4C)n2)ccnc1N1CCn2c(cc3c2CC(C)(C)C3)C1=O.Cc1nn(C)c2ccc(N)cc12.Cc1nn(C)c2ccc(Nc3nc(Br)cn(C)c3=O)cc12.Cc1nn(C)c2ccc([N+](=O)[O-])cc12.Cn1cc(Br)nc(Br)c1=O. The standard InChI is InChI=1S/C34H36N8O4.C14H14BrN5O.C9H9N3O2.C9H11N3.C5H4Br2N2O/c1-19-24-14-22(7-8-27(24)40(6)38-19)36-30-33(45)39(5)17-26(37-30)23-9-10-35-31(25(23)18-46-20(2)43)42-12-11-41-28(32(42)44)13-21-15-34(3,4)16-29(21)41;1-8-10-6-9(4-5-11(10)20(3)18-8)16-13-14(21)19(2)7-12(15)17-13;1-6-8-5-7(12(13)14)3-4-9(8)11(2)10-6;1-6-8-5-7(10)3-4-9(8)12(2)11-6;1-9-2-3(6)8-4(7)5(9)10/h7-10,13-14,17H,11-12,15-16,18H2,1-6H3,(H,36,37);4-7H,1-3H3,(H,16,17);3-5H,1-2H3;3-5H,10H2,1-2H3;2H,1H3. The van der Waals surface area contributed by atoms with E-state index < -0.39 is 10.9 Å². The van der Waals surface area contributed by atoms with Crippen molar-refractivity contribution in [3.05, 3.63) is 210 Å². The van der Waals surface area contributed by atoms with Crippen LogP contribution in [0.5, 0.6) is 0 Å². The molecule has 13 aromatic rings. The first kappa shape index (κ1) is 73.2. The molecule has 0 spiro atoms. The second-order valence-electron chi connectivity index (χ2n) is 25.8. The number of carbonyl (C=O) groups is 2. The minimum absolute atomic E-state index is 0.105. The average molecular weight is 1590 g/mol. The van der Waals surface area contributed by atoms with Crippen molar-refractivity contribution in [2.45, 2.75) is 74.5 Å². The molecule has 1 aliphatic heterocycles. The van der Waals surface area contributed by atoms with Crippen molar-refractivity contribution in [3.63, 3.8) is 0 Å². The Labute approximate surface area is 614 Å². The van der Waals surface area contributed by atoms with Crippen molar-refractivity contribution < 1.29 is 19.2 Å². The van der Waals surface area contributed by atoms with E-state index in [-0.39, 0.29) is 51.9 Å². The quantitative estimate of drug-likeness (QED) is 0.0523. The first-order chi connectivity index (χ1) is 48.7. The Morgan fingerprint density at radius 3 is 1.63 bits per heavy atom. The fourth-order valence-corrected chi connectivity index (χ4v) is 14.4. The van der Waals surface area contributed by atoms with Gasteiger partial charge in [-0.1, -0.05) is 13.8 Å². The lowest BCUT2D eigenvalue weighted by atomic mass is 9.90. The summed E-state index contributed by atoms with van der Waals surface area (Å²) in [6, 6.07) is 26.0. The van der Waals surface area contributed by atoms with Crippen molar-refractivity contribution in [1.82, 2.24) is 77.3 Å². The molecule has 4 aromatic carbocycles. The third-order valence-electron chi connectivity index (χ3n) is 17.6. The number of nitrogen functional groups attached to an aromatic ring is 1. The summed E-state index contributed by atoms with van der Waals surface area (Å²) in [6.07, 6.45) is 8.35. The Bertz CT molecular complexity index is 5710. The highest BCUT2D eigenvalue weighted by atomic mass is 79.9. The van der Waals surface area contributed by atoms with E-state index in [1.807, 2.05) is 131 Å². The second-order valence-corrected chi connectivity index (χ2v) is 28.2. The maximum absolute atomic E-state index is 14.0. The van der Waals surface area contributed by atoms with Crippen LogP contribution in [0.4, 0.5) is 40.2 Å². The van der Waals surface area contributed by atoms with Gasteiger partial charge in [0.15, 0.2) is 16.2 Å². The zero-order chi connectivity index (χ0) is 74.4. The van der Waals surface area contributed by atoms with Gasteiger partial charge in [0.25, 0.3) is 28.3 Å². The third-order valence-corrected chi connectivity index (χ3v) is 18.9. The number of aromatic nitrogens is 16. The second kappa shape index (κ2) is 29.5. The van der Waals surface area contributed by atoms with E-state index in [1.54, 1.807) is 73.7 Å². The fourth-order valence-electron chi connectivity index (χ4n) is 12.7. The lowest BCUT2D eigenvalue weighted by molar-refractivity contribution is -0.384. The molecule has 10 heterocycles. The molecule has 9 aromatic heterocycles. The highest BCUT2D eigenvalue weighted by molar-refractivity contribution is 9.11. The maximum Gasteiger partial charge on any atom is 0.302 e. The number of non-ortho nitro benzene ring substituents is 1. The summed E-state index contributed by atoms with van der Waals surface area (Å²) in [4.78, 5) is 91.4. The van der Waals surface area contributed by atoms with Crippen molar-refractivity contribution in [1.29, 1.82) is 0 Å². The van der Waals surface area contributed by atoms with E-state index in [2.05, 4.69) is 112 Å². The molecule has 0 saturated heterocycles. The van der Waals surface area contributed by atoms with Crippen molar-refractivity contribution in [3.8, 4) is 11.3 Å². The third kappa shape index (κ3) is 15.6. The number of nitrogens with two attached hydrogens (primary N) is 1. The fraction of sp³-hybridized carbons (Fsp3) is 0.282. The molecule has 0 atom stereocenters. The Balaban J connectivity index is 0.000000152. The summed E-state index contributed by atoms with van der Waals surface area (Å²) in [5, 5.41) is 38.1. The maximum atomic E-state index is 14.0. The van der Waals surface area contributed by atoms with Gasteiger partial charge in [0.05, 0.1) is 55.5 Å². The van der Waals surface area contributed by atoms with Crippen LogP contribution in [0.3, 0.4) is 0 Å². The molecule has 103 heavy (non-hydrogen) atoms. The van der Waals surface area contributed by atoms with E-state index >= 15 is 0 Å². The number of hydrogen-bond donors (Lipinski definition) is 3. The lowest BCUT2D eigenvalue weighted by Gasteiger charge is -2.31. The van der Waals surface area contributed by atoms with Gasteiger partial charge in [-0.3, -0.25) is 57.7 Å². The van der Waals surface area contributed by atoms with Gasteiger partial charge in [0.2, 0.25) is 0 Å². The van der Waals surface area contributed by atoms with Gasteiger partial charge in [-0.2, -0.15) is 20.4 Å². The zero-order valence-corrected chi connectivity index (χ0v) is 63.7. The highest BCUT2D eigenvalue weighted by Gasteiger charge is 2.38. The smallest absolute Gasteiger partial charge is 0.302 e. The molecule has 1 aliphatic carbocycles. The van der Waals surface area contributed by atoms with Crippen molar-refractivity contribution in [2.24, 2.45) is 54.7 Å². The van der Waals surface area contributed by atoms with Gasteiger partial charge in [-0.05, 0) is 172 Å². The number of carbonyl (C=O) groups excluding carboxylic acids is 2. The highest BCUT2D eigenvalue weighted by Crippen LogP contribution is 2.41. The summed E-state index contributed by atoms with van der Waals surface area (Å²) >= 11 is 9.46. The average Bonchev–Trinajstić information content (AvgIpc) is 1.62. The minimum Gasteiger partial charge on any atom is -0.461 e. The van der Waals surface area contributed by atoms with E-state index in [4.69, 9.17) is 15.5 Å². The van der Waals surface area contributed by atoms with Crippen molar-refractivity contribution >= 4 is 143 Å². The Morgan fingerprint density at radius 1 is 0.612 bits per heavy atom. The van der Waals surface area contributed by atoms with Crippen molar-refractivity contribution in [2.75, 3.05) is 27.8 Å². The monoisotopic (exact) mass is 1590 g/mol. The summed E-state index contributed by atoms with van der Waals surface area (Å²) in [7, 11) is 12.6. The van der Waals surface area contributed by atoms with Crippen LogP contribution in [0.1, 0.15) is 70.9 Å². The van der Waals surface area contributed by atoms with Crippen LogP contribution in [0.15, 0.2) is 138 Å². The number of nitrogens with one attached hydrogen (secondary N) is 2. The van der Waals surface area contributed by atoms with Crippen LogP contribution < -0.4 is 37.9 Å². The van der Waals surface area contributed by atoms with Gasteiger partial charge >= 0.3 is 5.97 Å². The largest absolute Gasteiger partial charge is 0.461 e. The molecule has 1 amide bonds. The number of hydrogen-bond acceptors (Lipinski definition) is 19. The van der Waals surface area contributed by atoms with Gasteiger partial charge in [-0.15, -0.1) is 0 Å². The number of nitro benzene ring substituents is 1. The number of anilines is 6. The topological polar surface area (TPSA) is 334 Å². The minimum atomic E-state index is -0.462. The number of fused-ring (bicyclic) bond motifs is 7. The number of aryl methyl sites for hydroxylation is 11. The molecule has 532 valence electrons. The molecule has 0 bridgehead atoms.